The van der Waals surface area contributed by atoms with Crippen LogP contribution in [0.5, 0.6) is 0 Å². The highest BCUT2D eigenvalue weighted by atomic mass is 16.2. The van der Waals surface area contributed by atoms with E-state index in [0.717, 1.165) is 51.6 Å². The molecule has 1 aromatic carbocycles. The van der Waals surface area contributed by atoms with Gasteiger partial charge in [0.15, 0.2) is 0 Å². The Hall–Kier alpha value is -2.74. The average Bonchev–Trinajstić information content (AvgIpc) is 3.22. The lowest BCUT2D eigenvalue weighted by atomic mass is 10.1. The molecule has 8 nitrogen and oxygen atoms in total. The van der Waals surface area contributed by atoms with Gasteiger partial charge in [-0.3, -0.25) is 19.2 Å². The number of nitrogens with zero attached hydrogens (tertiary/aromatic N) is 6. The van der Waals surface area contributed by atoms with Crippen LogP contribution in [0.1, 0.15) is 31.7 Å². The smallest absolute Gasteiger partial charge is 0.302 e. The Kier molecular flexibility index (Phi) is 6.19. The van der Waals surface area contributed by atoms with Gasteiger partial charge in [-0.25, -0.2) is 9.69 Å². The quantitative estimate of drug-likeness (QED) is 0.618. The number of carbonyl (C=O) groups is 2. The monoisotopic (exact) mass is 451 g/mol. The SMILES string of the molecule is CC1CN2C(=[N+](CCc3ccccc3)C1)N=C1C2C(=O)N(CCN2CCCCC2)C(=O)N1C. The lowest BCUT2D eigenvalue weighted by molar-refractivity contribution is -0.545. The number of fused-ring (bicyclic) bond motifs is 3. The largest absolute Gasteiger partial charge is 0.392 e. The molecule has 0 spiro atoms. The molecule has 176 valence electrons. The van der Waals surface area contributed by atoms with E-state index in [-0.39, 0.29) is 11.9 Å². The summed E-state index contributed by atoms with van der Waals surface area (Å²) in [5.41, 5.74) is 1.29. The number of carbonyl (C=O) groups excluding carboxylic acids is 2. The molecule has 0 N–H and O–H groups in total. The second kappa shape index (κ2) is 9.25. The number of aliphatic imine (C=N–C) groups is 1. The molecule has 4 aliphatic rings. The predicted molar refractivity (Wildman–Crippen MR) is 127 cm³/mol. The maximum Gasteiger partial charge on any atom is 0.392 e. The third-order valence-electron chi connectivity index (χ3n) is 7.31. The third kappa shape index (κ3) is 4.28. The van der Waals surface area contributed by atoms with E-state index in [1.807, 2.05) is 6.07 Å². The zero-order valence-corrected chi connectivity index (χ0v) is 19.8. The fraction of sp³-hybridized carbons (Fsp3) is 0.600. The first-order valence-electron chi connectivity index (χ1n) is 12.4. The number of guanidine groups is 1. The minimum absolute atomic E-state index is 0.124. The van der Waals surface area contributed by atoms with Crippen LogP contribution in [-0.2, 0) is 11.2 Å². The number of amidine groups is 1. The van der Waals surface area contributed by atoms with E-state index in [1.54, 1.807) is 11.9 Å². The molecule has 2 fully saturated rings. The van der Waals surface area contributed by atoms with Gasteiger partial charge in [-0.2, -0.15) is 0 Å². The zero-order valence-electron chi connectivity index (χ0n) is 19.8. The number of imide groups is 1. The number of likely N-dealkylation sites (N-methyl/N-ethyl adjacent to an activating group) is 1. The molecule has 4 heterocycles. The van der Waals surface area contributed by atoms with Crippen LogP contribution in [0.15, 0.2) is 35.3 Å². The van der Waals surface area contributed by atoms with E-state index < -0.39 is 6.04 Å². The van der Waals surface area contributed by atoms with E-state index in [1.165, 1.54) is 29.7 Å². The number of amides is 3. The zero-order chi connectivity index (χ0) is 22.9. The molecule has 8 heteroatoms. The minimum atomic E-state index is -0.494. The number of piperidine rings is 1. The number of rotatable bonds is 6. The fourth-order valence-electron chi connectivity index (χ4n) is 5.53. The standard InChI is InChI=1S/C25H35N6O2/c1-19-17-29(14-11-20-9-5-3-6-10-20)24-26-22-21(31(24)18-19)23(32)30(25(33)27(22)2)16-15-28-12-7-4-8-13-28/h3,5-6,9-10,19,21H,4,7-8,11-18H2,1-2H3/q+1. The highest BCUT2D eigenvalue weighted by Crippen LogP contribution is 2.27. The van der Waals surface area contributed by atoms with E-state index in [2.05, 4.69) is 45.6 Å². The minimum Gasteiger partial charge on any atom is -0.302 e. The molecular weight excluding hydrogens is 416 g/mol. The van der Waals surface area contributed by atoms with Crippen LogP contribution in [0.2, 0.25) is 0 Å². The molecule has 4 aliphatic heterocycles. The van der Waals surface area contributed by atoms with Gasteiger partial charge in [0.2, 0.25) is 11.9 Å². The van der Waals surface area contributed by atoms with E-state index in [9.17, 15) is 9.59 Å². The first-order chi connectivity index (χ1) is 16.0. The summed E-state index contributed by atoms with van der Waals surface area (Å²) in [6, 6.07) is 9.71. The highest BCUT2D eigenvalue weighted by molar-refractivity contribution is 6.25. The average molecular weight is 452 g/mol. The van der Waals surface area contributed by atoms with Crippen molar-refractivity contribution < 1.29 is 14.2 Å². The summed E-state index contributed by atoms with van der Waals surface area (Å²) < 4.78 is 2.29. The lowest BCUT2D eigenvalue weighted by Gasteiger charge is -2.37. The van der Waals surface area contributed by atoms with E-state index in [4.69, 9.17) is 4.99 Å². The van der Waals surface area contributed by atoms with Crippen molar-refractivity contribution in [2.24, 2.45) is 10.9 Å². The summed E-state index contributed by atoms with van der Waals surface area (Å²) in [6.45, 7) is 8.06. The Morgan fingerprint density at radius 2 is 1.82 bits per heavy atom. The van der Waals surface area contributed by atoms with Gasteiger partial charge in [0.1, 0.15) is 0 Å². The molecule has 0 aromatic heterocycles. The first kappa shape index (κ1) is 22.1. The molecule has 2 unspecified atom stereocenters. The van der Waals surface area contributed by atoms with Crippen LogP contribution in [0.3, 0.4) is 0 Å². The Labute approximate surface area is 196 Å². The normalized spacial score (nSPS) is 26.0. The van der Waals surface area contributed by atoms with Gasteiger partial charge in [0.25, 0.3) is 5.91 Å². The van der Waals surface area contributed by atoms with Crippen molar-refractivity contribution in [2.45, 2.75) is 38.6 Å². The van der Waals surface area contributed by atoms with Crippen LogP contribution in [0.25, 0.3) is 0 Å². The van der Waals surface area contributed by atoms with Crippen molar-refractivity contribution in [3.8, 4) is 0 Å². The van der Waals surface area contributed by atoms with Gasteiger partial charge >= 0.3 is 12.0 Å². The molecule has 1 aromatic rings. The summed E-state index contributed by atoms with van der Waals surface area (Å²) in [6.07, 6.45) is 4.59. The van der Waals surface area contributed by atoms with Crippen LogP contribution in [-0.4, -0.2) is 107 Å². The molecule has 0 bridgehead atoms. The fourth-order valence-corrected chi connectivity index (χ4v) is 5.53. The number of benzene rings is 1. The maximum atomic E-state index is 13.6. The summed E-state index contributed by atoms with van der Waals surface area (Å²) in [4.78, 5) is 39.1. The van der Waals surface area contributed by atoms with Crippen LogP contribution < -0.4 is 0 Å². The van der Waals surface area contributed by atoms with Crippen molar-refractivity contribution in [2.75, 3.05) is 52.9 Å². The second-order valence-corrected chi connectivity index (χ2v) is 9.85. The van der Waals surface area contributed by atoms with Gasteiger partial charge in [-0.1, -0.05) is 48.7 Å². The van der Waals surface area contributed by atoms with Crippen LogP contribution >= 0.6 is 0 Å². The Balaban J connectivity index is 1.36. The molecule has 0 saturated carbocycles. The van der Waals surface area contributed by atoms with Crippen molar-refractivity contribution >= 4 is 23.7 Å². The molecule has 2 saturated heterocycles. The van der Waals surface area contributed by atoms with Crippen LogP contribution in [0, 0.1) is 5.92 Å². The van der Waals surface area contributed by atoms with E-state index >= 15 is 0 Å². The highest BCUT2D eigenvalue weighted by Gasteiger charge is 2.57. The summed E-state index contributed by atoms with van der Waals surface area (Å²) in [5.74, 6) is 1.71. The van der Waals surface area contributed by atoms with Crippen LogP contribution in [0.4, 0.5) is 4.79 Å². The lowest BCUT2D eigenvalue weighted by Crippen LogP contribution is -2.65. The summed E-state index contributed by atoms with van der Waals surface area (Å²) in [5, 5.41) is 0. The molecule has 3 amide bonds. The number of likely N-dealkylation sites (tertiary alicyclic amines) is 1. The Bertz CT molecular complexity index is 968. The number of hydrogen-bond donors (Lipinski definition) is 0. The molecule has 0 radical (unpaired) electrons. The van der Waals surface area contributed by atoms with Gasteiger partial charge < -0.3 is 4.90 Å². The number of hydrogen-bond acceptors (Lipinski definition) is 5. The number of urea groups is 1. The van der Waals surface area contributed by atoms with Gasteiger partial charge in [-0.05, 0) is 31.5 Å². The molecular formula is C25H35N6O2+. The van der Waals surface area contributed by atoms with Gasteiger partial charge in [0, 0.05) is 32.5 Å². The Morgan fingerprint density at radius 3 is 2.58 bits per heavy atom. The van der Waals surface area contributed by atoms with Crippen molar-refractivity contribution in [1.82, 2.24) is 19.6 Å². The first-order valence-corrected chi connectivity index (χ1v) is 12.4. The third-order valence-corrected chi connectivity index (χ3v) is 7.31. The molecule has 2 atom stereocenters. The topological polar surface area (TPSA) is 62.5 Å². The molecule has 33 heavy (non-hydrogen) atoms. The van der Waals surface area contributed by atoms with Crippen molar-refractivity contribution in [3.05, 3.63) is 35.9 Å². The maximum absolute atomic E-state index is 13.6. The predicted octanol–water partition coefficient (Wildman–Crippen LogP) is 1.71. The molecule has 5 rings (SSSR count). The van der Waals surface area contributed by atoms with Crippen molar-refractivity contribution in [1.29, 1.82) is 0 Å². The summed E-state index contributed by atoms with van der Waals surface area (Å²) >= 11 is 0. The second-order valence-electron chi connectivity index (χ2n) is 9.85. The van der Waals surface area contributed by atoms with Crippen molar-refractivity contribution in [3.63, 3.8) is 0 Å². The Morgan fingerprint density at radius 1 is 1.06 bits per heavy atom. The van der Waals surface area contributed by atoms with Gasteiger partial charge in [0.05, 0.1) is 19.6 Å². The molecule has 0 aliphatic carbocycles. The van der Waals surface area contributed by atoms with Gasteiger partial charge in [-0.15, -0.1) is 0 Å². The van der Waals surface area contributed by atoms with E-state index in [0.29, 0.717) is 18.3 Å². The summed E-state index contributed by atoms with van der Waals surface area (Å²) in [7, 11) is 1.76.